The molecule has 1 rings (SSSR count). The van der Waals surface area contributed by atoms with E-state index in [0.29, 0.717) is 25.7 Å². The van der Waals surface area contributed by atoms with Crippen molar-refractivity contribution >= 4 is 23.6 Å². The smallest absolute Gasteiger partial charge is 0.223 e. The van der Waals surface area contributed by atoms with Crippen LogP contribution in [0, 0.1) is 42.9 Å². The summed E-state index contributed by atoms with van der Waals surface area (Å²) in [5.74, 6) is 5.61. The molecule has 0 aromatic rings. The van der Waals surface area contributed by atoms with E-state index in [0.717, 1.165) is 0 Å². The number of carbonyl (C=O) groups excluding carboxylic acids is 4. The van der Waals surface area contributed by atoms with Crippen molar-refractivity contribution in [1.29, 1.82) is 0 Å². The first-order valence-electron chi connectivity index (χ1n) is 11.9. The molecular weight excluding hydrogens is 448 g/mol. The lowest BCUT2D eigenvalue weighted by Gasteiger charge is -2.37. The van der Waals surface area contributed by atoms with E-state index in [1.165, 1.54) is 0 Å². The molecule has 0 bridgehead atoms. The number of rotatable bonds is 14. The van der Waals surface area contributed by atoms with Gasteiger partial charge in [-0.1, -0.05) is 17.8 Å². The molecule has 35 heavy (non-hydrogen) atoms. The largest absolute Gasteiger partial charge is 0.393 e. The molecule has 1 fully saturated rings. The van der Waals surface area contributed by atoms with Gasteiger partial charge < -0.3 is 26.4 Å². The van der Waals surface area contributed by atoms with E-state index in [9.17, 15) is 24.3 Å². The minimum absolute atomic E-state index is 0.0449. The Hall–Kier alpha value is -3.48. The van der Waals surface area contributed by atoms with Gasteiger partial charge in [0, 0.05) is 30.7 Å². The maximum Gasteiger partial charge on any atom is 0.223 e. The average Bonchev–Trinajstić information content (AvgIpc) is 2.85. The Labute approximate surface area is 207 Å². The summed E-state index contributed by atoms with van der Waals surface area (Å²) >= 11 is 0. The Balaban J connectivity index is 3.07. The Morgan fingerprint density at radius 1 is 0.714 bits per heavy atom. The summed E-state index contributed by atoms with van der Waals surface area (Å²) in [4.78, 5) is 50.0. The quantitative estimate of drug-likeness (QED) is 0.221. The molecule has 0 atom stereocenters. The van der Waals surface area contributed by atoms with Gasteiger partial charge in [0.15, 0.2) is 0 Å². The van der Waals surface area contributed by atoms with Gasteiger partial charge in [-0.05, 0) is 44.9 Å². The molecule has 9 nitrogen and oxygen atoms in total. The fourth-order valence-electron chi connectivity index (χ4n) is 4.04. The highest BCUT2D eigenvalue weighted by Crippen LogP contribution is 2.30. The summed E-state index contributed by atoms with van der Waals surface area (Å²) in [5.41, 5.74) is -0.998. The number of carbonyl (C=O) groups is 4. The van der Waals surface area contributed by atoms with E-state index in [-0.39, 0.29) is 87.7 Å². The Morgan fingerprint density at radius 2 is 1.09 bits per heavy atom. The number of aliphatic hydroxyl groups is 1. The van der Waals surface area contributed by atoms with Crippen molar-refractivity contribution in [2.75, 3.05) is 19.6 Å². The zero-order chi connectivity index (χ0) is 26.1. The van der Waals surface area contributed by atoms with Gasteiger partial charge in [-0.2, -0.15) is 0 Å². The van der Waals surface area contributed by atoms with Gasteiger partial charge in [0.2, 0.25) is 23.6 Å². The van der Waals surface area contributed by atoms with Crippen LogP contribution in [0.2, 0.25) is 0 Å². The highest BCUT2D eigenvalue weighted by molar-refractivity contribution is 5.81. The summed E-state index contributed by atoms with van der Waals surface area (Å²) < 4.78 is 0. The van der Waals surface area contributed by atoms with E-state index >= 15 is 0 Å². The van der Waals surface area contributed by atoms with Crippen molar-refractivity contribution in [2.24, 2.45) is 5.92 Å². The van der Waals surface area contributed by atoms with E-state index < -0.39 is 11.6 Å². The van der Waals surface area contributed by atoms with Crippen LogP contribution >= 0.6 is 0 Å². The third-order valence-electron chi connectivity index (χ3n) is 6.11. The van der Waals surface area contributed by atoms with Gasteiger partial charge in [0.25, 0.3) is 0 Å². The number of aliphatic hydroxyl groups excluding tert-OH is 1. The second-order valence-electron chi connectivity index (χ2n) is 8.72. The van der Waals surface area contributed by atoms with Crippen LogP contribution in [-0.2, 0) is 19.2 Å². The first-order chi connectivity index (χ1) is 16.7. The molecule has 0 unspecified atom stereocenters. The van der Waals surface area contributed by atoms with Crippen LogP contribution in [0.5, 0.6) is 0 Å². The summed E-state index contributed by atoms with van der Waals surface area (Å²) in [6, 6.07) is 0. The lowest BCUT2D eigenvalue weighted by atomic mass is 9.81. The van der Waals surface area contributed by atoms with Crippen molar-refractivity contribution in [3.63, 3.8) is 0 Å². The Morgan fingerprint density at radius 3 is 1.43 bits per heavy atom. The van der Waals surface area contributed by atoms with Crippen molar-refractivity contribution in [2.45, 2.75) is 75.9 Å². The van der Waals surface area contributed by atoms with Gasteiger partial charge in [0.1, 0.15) is 0 Å². The maximum absolute atomic E-state index is 13.2. The summed E-state index contributed by atoms with van der Waals surface area (Å²) in [6.45, 7) is 0.225. The van der Waals surface area contributed by atoms with E-state index in [2.05, 4.69) is 39.0 Å². The molecule has 0 saturated heterocycles. The van der Waals surface area contributed by atoms with E-state index in [4.69, 9.17) is 19.3 Å². The van der Waals surface area contributed by atoms with Crippen LogP contribution in [-0.4, -0.2) is 60.0 Å². The molecule has 0 aromatic heterocycles. The van der Waals surface area contributed by atoms with Crippen LogP contribution in [0.1, 0.15) is 64.2 Å². The third kappa shape index (κ3) is 12.0. The van der Waals surface area contributed by atoms with Crippen LogP contribution in [0.3, 0.4) is 0 Å². The maximum atomic E-state index is 13.2. The van der Waals surface area contributed by atoms with Crippen LogP contribution in [0.15, 0.2) is 0 Å². The molecular formula is C26H36N4O5. The topological polar surface area (TPSA) is 137 Å². The predicted octanol–water partition coefficient (Wildman–Crippen LogP) is -0.0187. The highest BCUT2D eigenvalue weighted by atomic mass is 16.3. The number of amides is 4. The number of terminal acetylenes is 3. The average molecular weight is 485 g/mol. The summed E-state index contributed by atoms with van der Waals surface area (Å²) in [5, 5.41) is 20.6. The van der Waals surface area contributed by atoms with Crippen LogP contribution in [0.25, 0.3) is 0 Å². The molecule has 4 amide bonds. The molecule has 1 saturated carbocycles. The third-order valence-corrected chi connectivity index (χ3v) is 6.11. The molecule has 190 valence electrons. The molecule has 1 aliphatic rings. The standard InChI is InChI=1S/C26H36N4O5/c1-4-17-27-22(32)11-14-26(15-12-23(33)28-18-5-2,16-13-24(34)29-19-6-3)30-25(35)20-7-9-21(31)10-8-20/h1-3,20-21,31H,7-19H2,(H,27,32)(H,28,33)(H,29,34)(H,30,35)/t20-,21+. The second-order valence-corrected chi connectivity index (χ2v) is 8.72. The van der Waals surface area contributed by atoms with Gasteiger partial charge in [-0.25, -0.2) is 0 Å². The minimum Gasteiger partial charge on any atom is -0.393 e. The van der Waals surface area contributed by atoms with Crippen molar-refractivity contribution in [1.82, 2.24) is 21.3 Å². The number of hydrogen-bond donors (Lipinski definition) is 5. The Kier molecular flexibility index (Phi) is 13.7. The first-order valence-corrected chi connectivity index (χ1v) is 11.9. The Bertz CT molecular complexity index is 773. The SMILES string of the molecule is C#CCNC(=O)CCC(CCC(=O)NCC#C)(CCC(=O)NCC#C)NC(=O)[C@H]1CC[C@@H](O)CC1. The second kappa shape index (κ2) is 16.2. The normalized spacial score (nSPS) is 17.1. The van der Waals surface area contributed by atoms with Gasteiger partial charge >= 0.3 is 0 Å². The first kappa shape index (κ1) is 29.6. The molecule has 9 heteroatoms. The molecule has 5 N–H and O–H groups in total. The molecule has 0 heterocycles. The van der Waals surface area contributed by atoms with Crippen LogP contribution in [0.4, 0.5) is 0 Å². The molecule has 0 radical (unpaired) electrons. The monoisotopic (exact) mass is 484 g/mol. The van der Waals surface area contributed by atoms with Gasteiger partial charge in [0.05, 0.1) is 25.7 Å². The molecule has 0 spiro atoms. The van der Waals surface area contributed by atoms with Crippen molar-refractivity contribution in [3.05, 3.63) is 0 Å². The molecule has 0 aromatic carbocycles. The van der Waals surface area contributed by atoms with E-state index in [1.807, 2.05) is 0 Å². The predicted molar refractivity (Wildman–Crippen MR) is 132 cm³/mol. The van der Waals surface area contributed by atoms with Gasteiger partial charge in [-0.3, -0.25) is 19.2 Å². The fraction of sp³-hybridized carbons (Fsp3) is 0.615. The fourth-order valence-corrected chi connectivity index (χ4v) is 4.04. The van der Waals surface area contributed by atoms with Crippen LogP contribution < -0.4 is 21.3 Å². The number of hydrogen-bond acceptors (Lipinski definition) is 5. The summed E-state index contributed by atoms with van der Waals surface area (Å²) in [6.07, 6.45) is 18.1. The zero-order valence-electron chi connectivity index (χ0n) is 20.2. The van der Waals surface area contributed by atoms with E-state index in [1.54, 1.807) is 0 Å². The lowest BCUT2D eigenvalue weighted by molar-refractivity contribution is -0.131. The highest BCUT2D eigenvalue weighted by Gasteiger charge is 2.36. The zero-order valence-corrected chi connectivity index (χ0v) is 20.2. The van der Waals surface area contributed by atoms with Gasteiger partial charge in [-0.15, -0.1) is 19.3 Å². The lowest BCUT2D eigenvalue weighted by Crippen LogP contribution is -2.52. The number of nitrogens with one attached hydrogen (secondary N) is 4. The molecule has 0 aliphatic heterocycles. The van der Waals surface area contributed by atoms with Crippen molar-refractivity contribution in [3.8, 4) is 37.0 Å². The summed E-state index contributed by atoms with van der Waals surface area (Å²) in [7, 11) is 0. The minimum atomic E-state index is -0.998. The van der Waals surface area contributed by atoms with Crippen molar-refractivity contribution < 1.29 is 24.3 Å². The molecule has 1 aliphatic carbocycles.